The van der Waals surface area contributed by atoms with Gasteiger partial charge in [0.2, 0.25) is 0 Å². The number of hydrogen-bond acceptors (Lipinski definition) is 2. The first-order chi connectivity index (χ1) is 9.06. The molecule has 2 N–H and O–H groups in total. The highest BCUT2D eigenvalue weighted by Gasteiger charge is 2.19. The van der Waals surface area contributed by atoms with Gasteiger partial charge in [-0.25, -0.2) is 4.98 Å². The van der Waals surface area contributed by atoms with Crippen molar-refractivity contribution in [3.8, 4) is 0 Å². The Kier molecular flexibility index (Phi) is 4.25. The topological polar surface area (TPSA) is 43.8 Å². The molecule has 1 atom stereocenters. The third kappa shape index (κ3) is 2.81. The third-order valence-corrected chi connectivity index (χ3v) is 3.66. The van der Waals surface area contributed by atoms with Crippen LogP contribution in [0.25, 0.3) is 11.0 Å². The average molecular weight is 259 g/mol. The minimum atomic E-state index is 0.354. The van der Waals surface area contributed by atoms with Crippen LogP contribution in [0.4, 0.5) is 0 Å². The molecule has 0 aliphatic carbocycles. The van der Waals surface area contributed by atoms with Crippen LogP contribution in [-0.4, -0.2) is 16.1 Å². The molecule has 104 valence electrons. The molecular formula is C16H25N3. The Morgan fingerprint density at radius 2 is 2.05 bits per heavy atom. The number of imidazole rings is 1. The molecule has 0 radical (unpaired) electrons. The van der Waals surface area contributed by atoms with E-state index in [0.717, 1.165) is 24.3 Å². The quantitative estimate of drug-likeness (QED) is 0.893. The first kappa shape index (κ1) is 14.1. The van der Waals surface area contributed by atoms with E-state index in [4.69, 9.17) is 10.7 Å². The maximum atomic E-state index is 5.98. The van der Waals surface area contributed by atoms with Gasteiger partial charge in [0.15, 0.2) is 0 Å². The molecule has 1 unspecified atom stereocenters. The van der Waals surface area contributed by atoms with Crippen LogP contribution in [-0.2, 0) is 6.54 Å². The van der Waals surface area contributed by atoms with E-state index >= 15 is 0 Å². The summed E-state index contributed by atoms with van der Waals surface area (Å²) in [4.78, 5) is 4.85. The molecule has 19 heavy (non-hydrogen) atoms. The number of hydrogen-bond donors (Lipinski definition) is 1. The fraction of sp³-hybridized carbons (Fsp3) is 0.562. The summed E-state index contributed by atoms with van der Waals surface area (Å²) < 4.78 is 2.31. The second-order valence-electron chi connectivity index (χ2n) is 5.77. The molecule has 0 bridgehead atoms. The molecule has 0 saturated carbocycles. The van der Waals surface area contributed by atoms with Crippen molar-refractivity contribution in [1.82, 2.24) is 9.55 Å². The van der Waals surface area contributed by atoms with E-state index in [1.54, 1.807) is 0 Å². The molecule has 3 nitrogen and oxygen atoms in total. The number of nitrogens with zero attached hydrogens (tertiary/aromatic N) is 2. The molecule has 0 spiro atoms. The minimum Gasteiger partial charge on any atom is -0.330 e. The van der Waals surface area contributed by atoms with Gasteiger partial charge in [0, 0.05) is 19.0 Å². The molecule has 0 aliphatic rings. The van der Waals surface area contributed by atoms with Crippen molar-refractivity contribution in [2.75, 3.05) is 6.54 Å². The monoisotopic (exact) mass is 259 g/mol. The Balaban J connectivity index is 2.52. The first-order valence-electron chi connectivity index (χ1n) is 7.23. The van der Waals surface area contributed by atoms with Crippen molar-refractivity contribution >= 4 is 11.0 Å². The predicted molar refractivity (Wildman–Crippen MR) is 81.4 cm³/mol. The fourth-order valence-corrected chi connectivity index (χ4v) is 2.78. The number of fused-ring (bicyclic) bond motifs is 1. The van der Waals surface area contributed by atoms with Crippen molar-refractivity contribution in [3.05, 3.63) is 29.6 Å². The van der Waals surface area contributed by atoms with Gasteiger partial charge in [-0.1, -0.05) is 19.9 Å². The molecule has 0 fully saturated rings. The Morgan fingerprint density at radius 1 is 1.32 bits per heavy atom. The van der Waals surface area contributed by atoms with E-state index in [2.05, 4.69) is 50.5 Å². The van der Waals surface area contributed by atoms with Gasteiger partial charge in [-0.15, -0.1) is 0 Å². The van der Waals surface area contributed by atoms with Crippen LogP contribution in [0.1, 0.15) is 44.5 Å². The van der Waals surface area contributed by atoms with Crippen molar-refractivity contribution < 1.29 is 0 Å². The highest BCUT2D eigenvalue weighted by atomic mass is 15.1. The molecule has 1 aromatic carbocycles. The van der Waals surface area contributed by atoms with Crippen LogP contribution in [0.5, 0.6) is 0 Å². The number of rotatable bonds is 5. The van der Waals surface area contributed by atoms with Crippen LogP contribution >= 0.6 is 0 Å². The Morgan fingerprint density at radius 3 is 2.63 bits per heavy atom. The summed E-state index contributed by atoms with van der Waals surface area (Å²) >= 11 is 0. The molecule has 2 aromatic rings. The first-order valence-corrected chi connectivity index (χ1v) is 7.23. The average Bonchev–Trinajstić information content (AvgIpc) is 2.72. The largest absolute Gasteiger partial charge is 0.330 e. The zero-order valence-electron chi connectivity index (χ0n) is 12.5. The van der Waals surface area contributed by atoms with Crippen LogP contribution in [0.2, 0.25) is 0 Å². The maximum Gasteiger partial charge on any atom is 0.114 e. The van der Waals surface area contributed by atoms with Gasteiger partial charge < -0.3 is 10.3 Å². The Hall–Kier alpha value is -1.35. The SMILES string of the molecule is CCn1c(C(CN)CC(C)C)nc2cc(C)ccc21. The minimum absolute atomic E-state index is 0.354. The predicted octanol–water partition coefficient (Wildman–Crippen LogP) is 3.45. The Labute approximate surface area is 115 Å². The zero-order valence-corrected chi connectivity index (χ0v) is 12.5. The van der Waals surface area contributed by atoms with E-state index in [9.17, 15) is 0 Å². The number of benzene rings is 1. The maximum absolute atomic E-state index is 5.98. The molecule has 1 heterocycles. The van der Waals surface area contributed by atoms with E-state index in [0.29, 0.717) is 18.4 Å². The van der Waals surface area contributed by atoms with Gasteiger partial charge in [-0.05, 0) is 43.9 Å². The lowest BCUT2D eigenvalue weighted by Gasteiger charge is -2.18. The van der Waals surface area contributed by atoms with E-state index in [1.807, 2.05) is 0 Å². The van der Waals surface area contributed by atoms with Gasteiger partial charge in [0.1, 0.15) is 5.82 Å². The summed E-state index contributed by atoms with van der Waals surface area (Å²) in [6.07, 6.45) is 1.10. The number of nitrogens with two attached hydrogens (primary N) is 1. The van der Waals surface area contributed by atoms with Crippen LogP contribution < -0.4 is 5.73 Å². The van der Waals surface area contributed by atoms with Crippen molar-refractivity contribution in [2.24, 2.45) is 11.7 Å². The second-order valence-corrected chi connectivity index (χ2v) is 5.77. The van der Waals surface area contributed by atoms with E-state index < -0.39 is 0 Å². The number of aromatic nitrogens is 2. The summed E-state index contributed by atoms with van der Waals surface area (Å²) in [6.45, 7) is 10.4. The van der Waals surface area contributed by atoms with Gasteiger partial charge >= 0.3 is 0 Å². The lowest BCUT2D eigenvalue weighted by atomic mass is 9.96. The molecule has 0 amide bonds. The summed E-state index contributed by atoms with van der Waals surface area (Å²) in [5.74, 6) is 2.15. The Bertz CT molecular complexity index is 554. The molecule has 2 rings (SSSR count). The molecule has 1 aromatic heterocycles. The molecule has 0 aliphatic heterocycles. The normalized spacial score (nSPS) is 13.4. The van der Waals surface area contributed by atoms with Crippen LogP contribution in [0, 0.1) is 12.8 Å². The van der Waals surface area contributed by atoms with E-state index in [1.165, 1.54) is 11.1 Å². The summed E-state index contributed by atoms with van der Waals surface area (Å²) in [5, 5.41) is 0. The van der Waals surface area contributed by atoms with Gasteiger partial charge in [-0.3, -0.25) is 0 Å². The van der Waals surface area contributed by atoms with Crippen molar-refractivity contribution in [3.63, 3.8) is 0 Å². The highest BCUT2D eigenvalue weighted by molar-refractivity contribution is 5.77. The van der Waals surface area contributed by atoms with Crippen LogP contribution in [0.15, 0.2) is 18.2 Å². The lowest BCUT2D eigenvalue weighted by Crippen LogP contribution is -2.19. The molecule has 0 saturated heterocycles. The molecular weight excluding hydrogens is 234 g/mol. The summed E-state index contributed by atoms with van der Waals surface area (Å²) in [7, 11) is 0. The number of aryl methyl sites for hydroxylation is 2. The van der Waals surface area contributed by atoms with Crippen molar-refractivity contribution in [1.29, 1.82) is 0 Å². The lowest BCUT2D eigenvalue weighted by molar-refractivity contribution is 0.474. The van der Waals surface area contributed by atoms with Crippen molar-refractivity contribution in [2.45, 2.75) is 46.6 Å². The van der Waals surface area contributed by atoms with Gasteiger partial charge in [-0.2, -0.15) is 0 Å². The highest BCUT2D eigenvalue weighted by Crippen LogP contribution is 2.26. The molecule has 3 heteroatoms. The van der Waals surface area contributed by atoms with Crippen LogP contribution in [0.3, 0.4) is 0 Å². The summed E-state index contributed by atoms with van der Waals surface area (Å²) in [6, 6.07) is 6.49. The third-order valence-electron chi connectivity index (χ3n) is 3.66. The zero-order chi connectivity index (χ0) is 14.0. The standard InChI is InChI=1S/C16H25N3/c1-5-19-15-7-6-12(4)9-14(15)18-16(19)13(10-17)8-11(2)3/h6-7,9,11,13H,5,8,10,17H2,1-4H3. The second kappa shape index (κ2) is 5.74. The summed E-state index contributed by atoms with van der Waals surface area (Å²) in [5.41, 5.74) is 9.56. The van der Waals surface area contributed by atoms with Gasteiger partial charge in [0.25, 0.3) is 0 Å². The smallest absolute Gasteiger partial charge is 0.114 e. The van der Waals surface area contributed by atoms with E-state index in [-0.39, 0.29) is 0 Å². The fourth-order valence-electron chi connectivity index (χ4n) is 2.78. The van der Waals surface area contributed by atoms with Gasteiger partial charge in [0.05, 0.1) is 11.0 Å².